The average molecular weight is 259 g/mol. The highest BCUT2D eigenvalue weighted by Crippen LogP contribution is 2.39. The number of para-hydroxylation sites is 1. The van der Waals surface area contributed by atoms with Gasteiger partial charge in [-0.3, -0.25) is 9.69 Å². The van der Waals surface area contributed by atoms with Crippen molar-refractivity contribution in [3.05, 3.63) is 29.8 Å². The topological polar surface area (TPSA) is 29.5 Å². The van der Waals surface area contributed by atoms with Crippen LogP contribution in [0.25, 0.3) is 0 Å². The minimum absolute atomic E-state index is 0.0158. The molecule has 0 saturated carbocycles. The highest BCUT2D eigenvalue weighted by molar-refractivity contribution is 6.02. The minimum Gasteiger partial charge on any atom is -0.473 e. The number of ketones is 1. The lowest BCUT2D eigenvalue weighted by molar-refractivity contribution is -0.198. The number of halogens is 3. The molecule has 2 atom stereocenters. The van der Waals surface area contributed by atoms with Gasteiger partial charge in [0.15, 0.2) is 17.9 Å². The van der Waals surface area contributed by atoms with E-state index in [1.54, 1.807) is 6.07 Å². The van der Waals surface area contributed by atoms with Gasteiger partial charge in [-0.2, -0.15) is 13.2 Å². The van der Waals surface area contributed by atoms with Gasteiger partial charge in [0.1, 0.15) is 5.75 Å². The third kappa shape index (κ3) is 2.08. The Hall–Kier alpha value is -1.56. The Bertz CT molecular complexity index is 471. The molecule has 18 heavy (non-hydrogen) atoms. The molecule has 0 aromatic heterocycles. The number of fused-ring (bicyclic) bond motifs is 1. The van der Waals surface area contributed by atoms with Crippen molar-refractivity contribution in [3.63, 3.8) is 0 Å². The van der Waals surface area contributed by atoms with Crippen molar-refractivity contribution in [2.45, 2.75) is 12.4 Å². The molecular formula is C12H12F3NO2. The van der Waals surface area contributed by atoms with Gasteiger partial charge in [0.05, 0.1) is 5.56 Å². The van der Waals surface area contributed by atoms with E-state index in [1.165, 1.54) is 37.2 Å². The fraction of sp³-hybridized carbons (Fsp3) is 0.417. The van der Waals surface area contributed by atoms with Crippen LogP contribution >= 0.6 is 0 Å². The van der Waals surface area contributed by atoms with Crippen LogP contribution in [0, 0.1) is 5.92 Å². The molecule has 0 fully saturated rings. The number of alkyl halides is 3. The molecule has 1 aromatic carbocycles. The lowest BCUT2D eigenvalue weighted by Gasteiger charge is -2.36. The van der Waals surface area contributed by atoms with E-state index in [0.717, 1.165) is 0 Å². The molecule has 0 N–H and O–H groups in total. The van der Waals surface area contributed by atoms with Gasteiger partial charge in [0.25, 0.3) is 0 Å². The molecule has 1 aliphatic rings. The van der Waals surface area contributed by atoms with Crippen LogP contribution in [0.1, 0.15) is 10.4 Å². The zero-order valence-corrected chi connectivity index (χ0v) is 9.86. The van der Waals surface area contributed by atoms with Gasteiger partial charge in [-0.15, -0.1) is 0 Å². The maximum absolute atomic E-state index is 13.0. The Morgan fingerprint density at radius 1 is 1.22 bits per heavy atom. The first-order chi connectivity index (χ1) is 8.32. The summed E-state index contributed by atoms with van der Waals surface area (Å²) in [7, 11) is 2.90. The molecule has 0 radical (unpaired) electrons. The fourth-order valence-corrected chi connectivity index (χ4v) is 1.98. The number of ether oxygens (including phenoxy) is 1. The number of benzene rings is 1. The summed E-state index contributed by atoms with van der Waals surface area (Å²) < 4.78 is 44.2. The second-order valence-electron chi connectivity index (χ2n) is 4.35. The summed E-state index contributed by atoms with van der Waals surface area (Å²) in [4.78, 5) is 13.2. The van der Waals surface area contributed by atoms with Crippen LogP contribution in [-0.4, -0.2) is 37.2 Å². The Morgan fingerprint density at radius 3 is 2.39 bits per heavy atom. The van der Waals surface area contributed by atoms with Crippen molar-refractivity contribution < 1.29 is 22.7 Å². The molecule has 0 saturated heterocycles. The normalized spacial score (nSPS) is 23.8. The van der Waals surface area contributed by atoms with E-state index in [9.17, 15) is 18.0 Å². The van der Waals surface area contributed by atoms with Crippen LogP contribution in [0.5, 0.6) is 5.75 Å². The maximum atomic E-state index is 13.0. The average Bonchev–Trinajstić information content (AvgIpc) is 2.27. The van der Waals surface area contributed by atoms with Crippen molar-refractivity contribution in [1.29, 1.82) is 0 Å². The first-order valence-corrected chi connectivity index (χ1v) is 5.35. The minimum atomic E-state index is -4.63. The fourth-order valence-electron chi connectivity index (χ4n) is 1.98. The van der Waals surface area contributed by atoms with Crippen molar-refractivity contribution >= 4 is 5.78 Å². The van der Waals surface area contributed by atoms with Crippen LogP contribution in [0.2, 0.25) is 0 Å². The van der Waals surface area contributed by atoms with Crippen LogP contribution in [0.4, 0.5) is 13.2 Å². The van der Waals surface area contributed by atoms with Crippen molar-refractivity contribution in [2.75, 3.05) is 14.1 Å². The van der Waals surface area contributed by atoms with Gasteiger partial charge in [-0.1, -0.05) is 12.1 Å². The number of Topliss-reactive ketones (excluding diaryl/α,β-unsaturated/α-hetero) is 1. The second-order valence-corrected chi connectivity index (χ2v) is 4.35. The number of hydrogen-bond donors (Lipinski definition) is 0. The van der Waals surface area contributed by atoms with E-state index in [1.807, 2.05) is 0 Å². The number of hydrogen-bond acceptors (Lipinski definition) is 3. The van der Waals surface area contributed by atoms with Gasteiger partial charge in [-0.25, -0.2) is 0 Å². The standard InChI is InChI=1S/C12H12F3NO2/c1-16(2)11-9(12(13,14)15)10(17)7-5-3-4-6-8(7)18-11/h3-6,9,11H,1-2H3. The molecule has 6 heteroatoms. The maximum Gasteiger partial charge on any atom is 0.403 e. The van der Waals surface area contributed by atoms with E-state index in [2.05, 4.69) is 0 Å². The first kappa shape index (κ1) is 12.9. The molecule has 98 valence electrons. The molecule has 0 aliphatic carbocycles. The molecule has 3 nitrogen and oxygen atoms in total. The van der Waals surface area contributed by atoms with Crippen LogP contribution in [0.15, 0.2) is 24.3 Å². The van der Waals surface area contributed by atoms with Crippen molar-refractivity contribution in [2.24, 2.45) is 5.92 Å². The molecule has 1 heterocycles. The summed E-state index contributed by atoms with van der Waals surface area (Å²) in [6.07, 6.45) is -5.95. The summed E-state index contributed by atoms with van der Waals surface area (Å²) in [5.74, 6) is -2.90. The lowest BCUT2D eigenvalue weighted by Crippen LogP contribution is -2.52. The van der Waals surface area contributed by atoms with Gasteiger partial charge in [-0.05, 0) is 26.2 Å². The summed E-state index contributed by atoms with van der Waals surface area (Å²) in [6, 6.07) is 5.98. The Kier molecular flexibility index (Phi) is 3.06. The Labute approximate surface area is 102 Å². The third-order valence-electron chi connectivity index (χ3n) is 2.83. The van der Waals surface area contributed by atoms with Gasteiger partial charge < -0.3 is 4.74 Å². The molecule has 1 aliphatic heterocycles. The zero-order chi connectivity index (χ0) is 13.5. The van der Waals surface area contributed by atoms with Gasteiger partial charge in [0, 0.05) is 0 Å². The van der Waals surface area contributed by atoms with Crippen LogP contribution < -0.4 is 4.74 Å². The van der Waals surface area contributed by atoms with E-state index in [0.29, 0.717) is 0 Å². The van der Waals surface area contributed by atoms with E-state index in [4.69, 9.17) is 4.74 Å². The number of carbonyl (C=O) groups is 1. The number of carbonyl (C=O) groups excluding carboxylic acids is 1. The molecule has 0 bridgehead atoms. The van der Waals surface area contributed by atoms with Crippen molar-refractivity contribution in [3.8, 4) is 5.75 Å². The lowest BCUT2D eigenvalue weighted by atomic mass is 9.91. The molecule has 0 spiro atoms. The van der Waals surface area contributed by atoms with Gasteiger partial charge >= 0.3 is 6.18 Å². The van der Waals surface area contributed by atoms with E-state index >= 15 is 0 Å². The zero-order valence-electron chi connectivity index (χ0n) is 9.86. The van der Waals surface area contributed by atoms with Gasteiger partial charge in [0.2, 0.25) is 0 Å². The molecular weight excluding hydrogens is 247 g/mol. The number of rotatable bonds is 1. The largest absolute Gasteiger partial charge is 0.473 e. The highest BCUT2D eigenvalue weighted by atomic mass is 19.4. The molecule has 2 unspecified atom stereocenters. The Morgan fingerprint density at radius 2 is 1.83 bits per heavy atom. The van der Waals surface area contributed by atoms with Crippen LogP contribution in [-0.2, 0) is 0 Å². The quantitative estimate of drug-likeness (QED) is 0.775. The predicted molar refractivity (Wildman–Crippen MR) is 58.4 cm³/mol. The number of nitrogens with zero attached hydrogens (tertiary/aromatic N) is 1. The van der Waals surface area contributed by atoms with E-state index < -0.39 is 24.1 Å². The summed E-state index contributed by atoms with van der Waals surface area (Å²) in [5, 5.41) is 0. The van der Waals surface area contributed by atoms with E-state index in [-0.39, 0.29) is 11.3 Å². The Balaban J connectivity index is 2.50. The predicted octanol–water partition coefficient (Wildman–Crippen LogP) is 2.33. The first-order valence-electron chi connectivity index (χ1n) is 5.35. The molecule has 0 amide bonds. The SMILES string of the molecule is CN(C)C1Oc2ccccc2C(=O)C1C(F)(F)F. The summed E-state index contributed by atoms with van der Waals surface area (Å²) in [6.45, 7) is 0. The van der Waals surface area contributed by atoms with Crippen molar-refractivity contribution in [1.82, 2.24) is 4.90 Å². The van der Waals surface area contributed by atoms with Crippen LogP contribution in [0.3, 0.4) is 0 Å². The molecule has 2 rings (SSSR count). The smallest absolute Gasteiger partial charge is 0.403 e. The summed E-state index contributed by atoms with van der Waals surface area (Å²) >= 11 is 0. The molecule has 1 aromatic rings. The highest BCUT2D eigenvalue weighted by Gasteiger charge is 2.54. The third-order valence-corrected chi connectivity index (χ3v) is 2.83. The second kappa shape index (κ2) is 4.28. The monoisotopic (exact) mass is 259 g/mol. The summed E-state index contributed by atoms with van der Waals surface area (Å²) in [5.41, 5.74) is -0.0158.